The van der Waals surface area contributed by atoms with Gasteiger partial charge in [0.05, 0.1) is 0 Å². The summed E-state index contributed by atoms with van der Waals surface area (Å²) in [7, 11) is 0. The molecule has 1 rings (SSSR count). The molecule has 0 saturated heterocycles. The molecule has 0 bridgehead atoms. The van der Waals surface area contributed by atoms with Crippen LogP contribution in [0.2, 0.25) is 0 Å². The van der Waals surface area contributed by atoms with Gasteiger partial charge in [0.1, 0.15) is 6.04 Å². The molecule has 0 radical (unpaired) electrons. The van der Waals surface area contributed by atoms with E-state index in [1.54, 1.807) is 25.4 Å². The third kappa shape index (κ3) is 1.15. The SMILES string of the molecule is C[C@@H](C(=O)O)n1cccn1. The van der Waals surface area contributed by atoms with Gasteiger partial charge in [0.2, 0.25) is 0 Å². The predicted molar refractivity (Wildman–Crippen MR) is 34.6 cm³/mol. The summed E-state index contributed by atoms with van der Waals surface area (Å²) in [5.74, 6) is -0.872. The number of aliphatic carboxylic acids is 1. The van der Waals surface area contributed by atoms with Gasteiger partial charge < -0.3 is 5.11 Å². The number of nitrogens with zero attached hydrogens (tertiary/aromatic N) is 2. The van der Waals surface area contributed by atoms with E-state index in [2.05, 4.69) is 5.10 Å². The van der Waals surface area contributed by atoms with Gasteiger partial charge in [-0.1, -0.05) is 0 Å². The van der Waals surface area contributed by atoms with E-state index < -0.39 is 12.0 Å². The molecule has 0 amide bonds. The third-order valence-corrected chi connectivity index (χ3v) is 1.28. The summed E-state index contributed by atoms with van der Waals surface area (Å²) in [6.45, 7) is 1.58. The molecule has 0 aliphatic rings. The number of carboxylic acids is 1. The van der Waals surface area contributed by atoms with Crippen LogP contribution in [0.25, 0.3) is 0 Å². The highest BCUT2D eigenvalue weighted by atomic mass is 16.4. The molecule has 4 nitrogen and oxygen atoms in total. The van der Waals surface area contributed by atoms with E-state index in [4.69, 9.17) is 5.11 Å². The number of aromatic nitrogens is 2. The van der Waals surface area contributed by atoms with E-state index in [0.29, 0.717) is 0 Å². The lowest BCUT2D eigenvalue weighted by Crippen LogP contribution is -2.15. The van der Waals surface area contributed by atoms with Crippen molar-refractivity contribution in [3.8, 4) is 0 Å². The van der Waals surface area contributed by atoms with E-state index in [-0.39, 0.29) is 0 Å². The van der Waals surface area contributed by atoms with Crippen LogP contribution in [0.3, 0.4) is 0 Å². The molecule has 0 spiro atoms. The van der Waals surface area contributed by atoms with Crippen LogP contribution in [-0.4, -0.2) is 20.9 Å². The average Bonchev–Trinajstić information content (AvgIpc) is 2.36. The summed E-state index contributed by atoms with van der Waals surface area (Å²) in [6.07, 6.45) is 3.18. The van der Waals surface area contributed by atoms with E-state index in [9.17, 15) is 4.79 Å². The minimum Gasteiger partial charge on any atom is -0.480 e. The maximum Gasteiger partial charge on any atom is 0.328 e. The fourth-order valence-corrected chi connectivity index (χ4v) is 0.623. The van der Waals surface area contributed by atoms with Crippen LogP contribution in [0.5, 0.6) is 0 Å². The Balaban J connectivity index is 2.77. The summed E-state index contributed by atoms with van der Waals surface area (Å²) >= 11 is 0. The lowest BCUT2D eigenvalue weighted by molar-refractivity contribution is -0.140. The molecule has 54 valence electrons. The van der Waals surface area contributed by atoms with Crippen molar-refractivity contribution < 1.29 is 9.90 Å². The second-order valence-corrected chi connectivity index (χ2v) is 2.00. The van der Waals surface area contributed by atoms with Crippen molar-refractivity contribution in [1.82, 2.24) is 9.78 Å². The van der Waals surface area contributed by atoms with Gasteiger partial charge >= 0.3 is 5.97 Å². The maximum absolute atomic E-state index is 10.3. The van der Waals surface area contributed by atoms with Crippen molar-refractivity contribution in [2.24, 2.45) is 0 Å². The van der Waals surface area contributed by atoms with Crippen molar-refractivity contribution in [3.63, 3.8) is 0 Å². The normalized spacial score (nSPS) is 12.9. The van der Waals surface area contributed by atoms with Gasteiger partial charge in [0.25, 0.3) is 0 Å². The second kappa shape index (κ2) is 2.51. The number of carboxylic acid groups (broad SMARTS) is 1. The fourth-order valence-electron chi connectivity index (χ4n) is 0.623. The maximum atomic E-state index is 10.3. The Hall–Kier alpha value is -1.32. The van der Waals surface area contributed by atoms with Gasteiger partial charge in [-0.05, 0) is 13.0 Å². The molecule has 0 aromatic carbocycles. The standard InChI is InChI=1S/C6H8N2O2/c1-5(6(9)10)8-4-2-3-7-8/h2-5H,1H3,(H,9,10)/t5-/m0/s1. The van der Waals surface area contributed by atoms with Gasteiger partial charge in [-0.25, -0.2) is 4.79 Å². The lowest BCUT2D eigenvalue weighted by atomic mass is 10.4. The molecular formula is C6H8N2O2. The Morgan fingerprint density at radius 2 is 2.50 bits per heavy atom. The highest BCUT2D eigenvalue weighted by molar-refractivity contribution is 5.71. The van der Waals surface area contributed by atoms with Crippen molar-refractivity contribution in [3.05, 3.63) is 18.5 Å². The molecule has 1 aromatic heterocycles. The molecule has 1 heterocycles. The van der Waals surface area contributed by atoms with E-state index >= 15 is 0 Å². The number of carbonyl (C=O) groups is 1. The van der Waals surface area contributed by atoms with Crippen molar-refractivity contribution in [2.45, 2.75) is 13.0 Å². The third-order valence-electron chi connectivity index (χ3n) is 1.28. The smallest absolute Gasteiger partial charge is 0.328 e. The molecule has 0 aliphatic carbocycles. The lowest BCUT2D eigenvalue weighted by Gasteiger charge is -2.04. The Kier molecular flexibility index (Phi) is 1.71. The molecule has 1 atom stereocenters. The second-order valence-electron chi connectivity index (χ2n) is 2.00. The Bertz CT molecular complexity index is 218. The highest BCUT2D eigenvalue weighted by Gasteiger charge is 2.11. The molecule has 0 unspecified atom stereocenters. The van der Waals surface area contributed by atoms with Crippen molar-refractivity contribution in [1.29, 1.82) is 0 Å². The predicted octanol–water partition coefficient (Wildman–Crippen LogP) is 0.529. The highest BCUT2D eigenvalue weighted by Crippen LogP contribution is 2.01. The first-order valence-corrected chi connectivity index (χ1v) is 2.94. The van der Waals surface area contributed by atoms with Crippen LogP contribution in [-0.2, 0) is 4.79 Å². The average molecular weight is 140 g/mol. The summed E-state index contributed by atoms with van der Waals surface area (Å²) in [6, 6.07) is 1.12. The fraction of sp³-hybridized carbons (Fsp3) is 0.333. The van der Waals surface area contributed by atoms with E-state index in [1.807, 2.05) is 0 Å². The molecule has 1 aromatic rings. The first-order valence-electron chi connectivity index (χ1n) is 2.94. The first kappa shape index (κ1) is 6.80. The van der Waals surface area contributed by atoms with Crippen LogP contribution in [0.1, 0.15) is 13.0 Å². The first-order chi connectivity index (χ1) is 4.72. The van der Waals surface area contributed by atoms with Gasteiger partial charge in [-0.15, -0.1) is 0 Å². The minimum atomic E-state index is -0.872. The summed E-state index contributed by atoms with van der Waals surface area (Å²) in [4.78, 5) is 10.3. The van der Waals surface area contributed by atoms with Crippen molar-refractivity contribution in [2.75, 3.05) is 0 Å². The summed E-state index contributed by atoms with van der Waals surface area (Å²) < 4.78 is 1.39. The van der Waals surface area contributed by atoms with Gasteiger partial charge in [-0.2, -0.15) is 5.10 Å². The number of rotatable bonds is 2. The molecule has 4 heteroatoms. The largest absolute Gasteiger partial charge is 0.480 e. The topological polar surface area (TPSA) is 55.1 Å². The number of hydrogen-bond donors (Lipinski definition) is 1. The summed E-state index contributed by atoms with van der Waals surface area (Å²) in [5, 5.41) is 12.3. The molecular weight excluding hydrogens is 132 g/mol. The van der Waals surface area contributed by atoms with Crippen LogP contribution >= 0.6 is 0 Å². The molecule has 1 N–H and O–H groups in total. The zero-order valence-corrected chi connectivity index (χ0v) is 5.56. The molecule has 0 saturated carbocycles. The van der Waals surface area contributed by atoms with Gasteiger partial charge in [-0.3, -0.25) is 4.68 Å². The Morgan fingerprint density at radius 3 is 2.90 bits per heavy atom. The zero-order valence-electron chi connectivity index (χ0n) is 5.56. The molecule has 0 aliphatic heterocycles. The van der Waals surface area contributed by atoms with Crippen LogP contribution < -0.4 is 0 Å². The van der Waals surface area contributed by atoms with Crippen molar-refractivity contribution >= 4 is 5.97 Å². The van der Waals surface area contributed by atoms with Crippen LogP contribution in [0.4, 0.5) is 0 Å². The quantitative estimate of drug-likeness (QED) is 0.651. The van der Waals surface area contributed by atoms with E-state index in [1.165, 1.54) is 4.68 Å². The monoisotopic (exact) mass is 140 g/mol. The van der Waals surface area contributed by atoms with E-state index in [0.717, 1.165) is 0 Å². The molecule has 10 heavy (non-hydrogen) atoms. The number of hydrogen-bond acceptors (Lipinski definition) is 2. The van der Waals surface area contributed by atoms with Crippen LogP contribution in [0, 0.1) is 0 Å². The zero-order chi connectivity index (χ0) is 7.56. The van der Waals surface area contributed by atoms with Crippen LogP contribution in [0.15, 0.2) is 18.5 Å². The Labute approximate surface area is 58.1 Å². The minimum absolute atomic E-state index is 0.574. The Morgan fingerprint density at radius 1 is 1.80 bits per heavy atom. The van der Waals surface area contributed by atoms with Gasteiger partial charge in [0, 0.05) is 12.4 Å². The summed E-state index contributed by atoms with van der Waals surface area (Å²) in [5.41, 5.74) is 0. The van der Waals surface area contributed by atoms with Gasteiger partial charge in [0.15, 0.2) is 0 Å². The molecule has 0 fully saturated rings.